The molecule has 0 aliphatic heterocycles. The molecule has 1 aromatic heterocycles. The van der Waals surface area contributed by atoms with Gasteiger partial charge in [-0.2, -0.15) is 5.10 Å². The smallest absolute Gasteiger partial charge is 0.349 e. The number of para-hydroxylation sites is 1. The maximum absolute atomic E-state index is 12.6. The third-order valence-electron chi connectivity index (χ3n) is 4.20. The Balaban J connectivity index is 2.08. The van der Waals surface area contributed by atoms with Crippen LogP contribution in [-0.2, 0) is 6.42 Å². The fraction of sp³-hybridized carbons (Fsp3) is 0.227. The van der Waals surface area contributed by atoms with Crippen LogP contribution in [0.25, 0.3) is 10.9 Å². The van der Waals surface area contributed by atoms with Crippen molar-refractivity contribution in [2.45, 2.75) is 26.4 Å². The van der Waals surface area contributed by atoms with Gasteiger partial charge in [-0.25, -0.2) is 4.79 Å². The molecule has 7 heteroatoms. The van der Waals surface area contributed by atoms with Crippen LogP contribution < -0.4 is 20.7 Å². The number of nitrogens with zero attached hydrogens (tertiary/aromatic N) is 2. The molecular formula is C22H23N3O4. The SMILES string of the molecule is C=CCc1cc(C=Nn2c(=O)[nH]c3ccccc3c2=O)cc(OC)c1OC(C)C. The molecule has 0 amide bonds. The Hall–Kier alpha value is -3.61. The Morgan fingerprint density at radius 1 is 1.24 bits per heavy atom. The zero-order chi connectivity index (χ0) is 21.0. The molecule has 7 nitrogen and oxygen atoms in total. The first-order valence-corrected chi connectivity index (χ1v) is 9.21. The molecule has 0 bridgehead atoms. The fourth-order valence-corrected chi connectivity index (χ4v) is 2.97. The van der Waals surface area contributed by atoms with Crippen LogP contribution in [0.2, 0.25) is 0 Å². The topological polar surface area (TPSA) is 85.7 Å². The predicted molar refractivity (Wildman–Crippen MR) is 114 cm³/mol. The molecule has 3 aromatic rings. The summed E-state index contributed by atoms with van der Waals surface area (Å²) in [5.41, 5.74) is 0.907. The van der Waals surface area contributed by atoms with Gasteiger partial charge in [0.25, 0.3) is 5.56 Å². The normalized spacial score (nSPS) is 11.3. The van der Waals surface area contributed by atoms with Crippen LogP contribution in [0.4, 0.5) is 0 Å². The van der Waals surface area contributed by atoms with Gasteiger partial charge in [0.05, 0.1) is 30.3 Å². The Morgan fingerprint density at radius 2 is 2.00 bits per heavy atom. The van der Waals surface area contributed by atoms with Crippen molar-refractivity contribution in [3.05, 3.63) is 81.0 Å². The molecule has 0 radical (unpaired) electrons. The number of aromatic amines is 1. The van der Waals surface area contributed by atoms with Gasteiger partial charge in [0, 0.05) is 5.56 Å². The Morgan fingerprint density at radius 3 is 2.69 bits per heavy atom. The summed E-state index contributed by atoms with van der Waals surface area (Å²) in [6.07, 6.45) is 3.75. The molecule has 0 unspecified atom stereocenters. The number of allylic oxidation sites excluding steroid dienone is 1. The van der Waals surface area contributed by atoms with E-state index in [1.807, 2.05) is 19.9 Å². The number of rotatable bonds is 7. The first-order chi connectivity index (χ1) is 13.9. The second-order valence-corrected chi connectivity index (χ2v) is 6.71. The largest absolute Gasteiger partial charge is 0.493 e. The van der Waals surface area contributed by atoms with Gasteiger partial charge in [-0.15, -0.1) is 11.3 Å². The lowest BCUT2D eigenvalue weighted by molar-refractivity contribution is 0.228. The summed E-state index contributed by atoms with van der Waals surface area (Å²) in [4.78, 5) is 27.5. The standard InChI is InChI=1S/C22H23N3O4/c1-5-8-16-11-15(12-19(28-4)20(16)29-14(2)3)13-23-25-21(26)17-9-6-7-10-18(17)24-22(25)27/h5-7,9-14H,1,8H2,2-4H3,(H,24,27). The Kier molecular flexibility index (Phi) is 5.97. The van der Waals surface area contributed by atoms with E-state index in [0.717, 1.165) is 10.2 Å². The third-order valence-corrected chi connectivity index (χ3v) is 4.20. The molecular weight excluding hydrogens is 370 g/mol. The third kappa shape index (κ3) is 4.29. The number of H-pyrrole nitrogens is 1. The van der Waals surface area contributed by atoms with E-state index >= 15 is 0 Å². The molecule has 29 heavy (non-hydrogen) atoms. The number of methoxy groups -OCH3 is 1. The second kappa shape index (κ2) is 8.60. The molecule has 0 atom stereocenters. The highest BCUT2D eigenvalue weighted by atomic mass is 16.5. The van der Waals surface area contributed by atoms with Crippen LogP contribution in [-0.4, -0.2) is 29.1 Å². The molecule has 0 aliphatic carbocycles. The van der Waals surface area contributed by atoms with Crippen molar-refractivity contribution in [2.75, 3.05) is 7.11 Å². The van der Waals surface area contributed by atoms with Gasteiger partial charge in [0.2, 0.25) is 0 Å². The van der Waals surface area contributed by atoms with E-state index in [2.05, 4.69) is 16.7 Å². The van der Waals surface area contributed by atoms with Crippen molar-refractivity contribution >= 4 is 17.1 Å². The van der Waals surface area contributed by atoms with E-state index in [0.29, 0.717) is 34.4 Å². The van der Waals surface area contributed by atoms with Crippen LogP contribution in [0, 0.1) is 0 Å². The first kappa shape index (κ1) is 20.1. The number of hydrogen-bond donors (Lipinski definition) is 1. The number of fused-ring (bicyclic) bond motifs is 1. The molecule has 0 aliphatic rings. The highest BCUT2D eigenvalue weighted by Crippen LogP contribution is 2.34. The van der Waals surface area contributed by atoms with Gasteiger partial charge >= 0.3 is 5.69 Å². The molecule has 1 heterocycles. The maximum Gasteiger partial charge on any atom is 0.349 e. The molecule has 0 spiro atoms. The van der Waals surface area contributed by atoms with Crippen molar-refractivity contribution in [1.82, 2.24) is 9.66 Å². The van der Waals surface area contributed by atoms with E-state index in [1.165, 1.54) is 6.21 Å². The predicted octanol–water partition coefficient (Wildman–Crippen LogP) is 3.10. The summed E-state index contributed by atoms with van der Waals surface area (Å²) in [6, 6.07) is 10.4. The molecule has 150 valence electrons. The lowest BCUT2D eigenvalue weighted by Gasteiger charge is -2.17. The second-order valence-electron chi connectivity index (χ2n) is 6.71. The van der Waals surface area contributed by atoms with E-state index in [9.17, 15) is 9.59 Å². The van der Waals surface area contributed by atoms with Crippen molar-refractivity contribution in [3.8, 4) is 11.5 Å². The zero-order valence-electron chi connectivity index (χ0n) is 16.6. The van der Waals surface area contributed by atoms with E-state index in [-0.39, 0.29) is 6.10 Å². The number of benzene rings is 2. The van der Waals surface area contributed by atoms with Gasteiger partial charge in [0.15, 0.2) is 11.5 Å². The molecule has 3 rings (SSSR count). The molecule has 0 saturated carbocycles. The molecule has 2 aromatic carbocycles. The summed E-state index contributed by atoms with van der Waals surface area (Å²) < 4.78 is 12.2. The first-order valence-electron chi connectivity index (χ1n) is 9.21. The Labute approximate surface area is 167 Å². The molecule has 0 fully saturated rings. The summed E-state index contributed by atoms with van der Waals surface area (Å²) in [5.74, 6) is 1.18. The van der Waals surface area contributed by atoms with E-state index < -0.39 is 11.2 Å². The van der Waals surface area contributed by atoms with Crippen LogP contribution in [0.3, 0.4) is 0 Å². The van der Waals surface area contributed by atoms with Crippen LogP contribution in [0.1, 0.15) is 25.0 Å². The van der Waals surface area contributed by atoms with E-state index in [4.69, 9.17) is 9.47 Å². The maximum atomic E-state index is 12.6. The van der Waals surface area contributed by atoms with E-state index in [1.54, 1.807) is 43.5 Å². The van der Waals surface area contributed by atoms with Gasteiger partial charge in [-0.1, -0.05) is 18.2 Å². The van der Waals surface area contributed by atoms with Gasteiger partial charge in [-0.05, 0) is 50.1 Å². The summed E-state index contributed by atoms with van der Waals surface area (Å²) >= 11 is 0. The van der Waals surface area contributed by atoms with Gasteiger partial charge < -0.3 is 14.5 Å². The van der Waals surface area contributed by atoms with Crippen LogP contribution in [0.5, 0.6) is 11.5 Å². The van der Waals surface area contributed by atoms with Crippen LogP contribution >= 0.6 is 0 Å². The number of nitrogens with one attached hydrogen (secondary N) is 1. The minimum Gasteiger partial charge on any atom is -0.493 e. The lowest BCUT2D eigenvalue weighted by Crippen LogP contribution is -2.32. The minimum atomic E-state index is -0.608. The van der Waals surface area contributed by atoms with Gasteiger partial charge in [0.1, 0.15) is 0 Å². The van der Waals surface area contributed by atoms with Gasteiger partial charge in [-0.3, -0.25) is 4.79 Å². The average molecular weight is 393 g/mol. The highest BCUT2D eigenvalue weighted by Gasteiger charge is 2.14. The summed E-state index contributed by atoms with van der Waals surface area (Å²) in [5, 5.41) is 4.49. The molecule has 0 saturated heterocycles. The summed E-state index contributed by atoms with van der Waals surface area (Å²) in [6.45, 7) is 7.66. The van der Waals surface area contributed by atoms with Crippen molar-refractivity contribution in [3.63, 3.8) is 0 Å². The number of ether oxygens (including phenoxy) is 2. The van der Waals surface area contributed by atoms with Crippen LogP contribution in [0.15, 0.2) is 63.7 Å². The summed E-state index contributed by atoms with van der Waals surface area (Å²) in [7, 11) is 1.56. The minimum absolute atomic E-state index is 0.0262. The number of aromatic nitrogens is 2. The average Bonchev–Trinajstić information content (AvgIpc) is 2.69. The molecule has 1 N–H and O–H groups in total. The van der Waals surface area contributed by atoms with Crippen molar-refractivity contribution < 1.29 is 9.47 Å². The highest BCUT2D eigenvalue weighted by molar-refractivity contribution is 5.82. The van der Waals surface area contributed by atoms with Crippen molar-refractivity contribution in [1.29, 1.82) is 0 Å². The zero-order valence-corrected chi connectivity index (χ0v) is 16.6. The lowest BCUT2D eigenvalue weighted by atomic mass is 10.1. The number of hydrogen-bond acceptors (Lipinski definition) is 5. The fourth-order valence-electron chi connectivity index (χ4n) is 2.97. The van der Waals surface area contributed by atoms with Crippen molar-refractivity contribution in [2.24, 2.45) is 5.10 Å². The Bertz CT molecular complexity index is 1190. The monoisotopic (exact) mass is 393 g/mol. The quantitative estimate of drug-likeness (QED) is 0.494.